The Hall–Kier alpha value is -2.18. The average molecular weight is 477 g/mol. The van der Waals surface area contributed by atoms with Crippen LogP contribution in [0, 0.1) is 0 Å². The van der Waals surface area contributed by atoms with Gasteiger partial charge in [0, 0.05) is 30.9 Å². The summed E-state index contributed by atoms with van der Waals surface area (Å²) in [7, 11) is -5.35. The third-order valence-corrected chi connectivity index (χ3v) is 7.16. The van der Waals surface area contributed by atoms with Crippen LogP contribution in [0.3, 0.4) is 0 Å². The lowest BCUT2D eigenvalue weighted by atomic mass is 9.96. The Kier molecular flexibility index (Phi) is 7.55. The molecule has 0 aliphatic heterocycles. The molecular weight excluding hydrogens is 453 g/mol. The number of rotatable bonds is 7. The molecule has 12 heteroatoms. The molecule has 1 aliphatic rings. The molecule has 1 aromatic carbocycles. The Labute approximate surface area is 182 Å². The van der Waals surface area contributed by atoms with Crippen LogP contribution in [-0.4, -0.2) is 37.5 Å². The van der Waals surface area contributed by atoms with E-state index in [0.29, 0.717) is 10.7 Å². The first-order chi connectivity index (χ1) is 14.6. The largest absolute Gasteiger partial charge is 0.511 e. The predicted octanol–water partition coefficient (Wildman–Crippen LogP) is 4.25. The third-order valence-electron chi connectivity index (χ3n) is 4.86. The van der Waals surface area contributed by atoms with Gasteiger partial charge in [-0.3, -0.25) is 0 Å². The van der Waals surface area contributed by atoms with Gasteiger partial charge >= 0.3 is 21.6 Å². The number of thiazole rings is 1. The molecular formula is C19H23F3N4O3S2. The number of sulfonamides is 1. The number of carbonyl (C=O) groups is 1. The number of hydrogen-bond donors (Lipinski definition) is 3. The van der Waals surface area contributed by atoms with Crippen molar-refractivity contribution in [2.45, 2.75) is 50.1 Å². The van der Waals surface area contributed by atoms with E-state index >= 15 is 0 Å². The molecule has 1 fully saturated rings. The number of halogens is 3. The van der Waals surface area contributed by atoms with E-state index in [1.54, 1.807) is 30.5 Å². The maximum absolute atomic E-state index is 12.3. The molecule has 0 unspecified atom stereocenters. The minimum atomic E-state index is -5.35. The van der Waals surface area contributed by atoms with Crippen LogP contribution >= 0.6 is 11.3 Å². The molecule has 2 amide bonds. The molecule has 1 saturated carbocycles. The van der Waals surface area contributed by atoms with Crippen molar-refractivity contribution < 1.29 is 26.4 Å². The van der Waals surface area contributed by atoms with Crippen LogP contribution in [0.15, 0.2) is 30.5 Å². The minimum absolute atomic E-state index is 0.0426. The van der Waals surface area contributed by atoms with E-state index < -0.39 is 22.1 Å². The predicted molar refractivity (Wildman–Crippen MR) is 113 cm³/mol. The van der Waals surface area contributed by atoms with Gasteiger partial charge in [-0.15, -0.1) is 11.3 Å². The quantitative estimate of drug-likeness (QED) is 0.556. The lowest BCUT2D eigenvalue weighted by Crippen LogP contribution is -2.38. The summed E-state index contributed by atoms with van der Waals surface area (Å²) in [4.78, 5) is 17.0. The number of anilines is 1. The minimum Gasteiger partial charge on any atom is -0.335 e. The van der Waals surface area contributed by atoms with Crippen molar-refractivity contribution in [1.82, 2.24) is 15.0 Å². The van der Waals surface area contributed by atoms with Crippen molar-refractivity contribution in [2.24, 2.45) is 0 Å². The van der Waals surface area contributed by atoms with Gasteiger partial charge in [-0.1, -0.05) is 31.4 Å². The smallest absolute Gasteiger partial charge is 0.335 e. The van der Waals surface area contributed by atoms with Gasteiger partial charge in [-0.2, -0.15) is 13.2 Å². The summed E-state index contributed by atoms with van der Waals surface area (Å²) >= 11 is 1.26. The van der Waals surface area contributed by atoms with Gasteiger partial charge < -0.3 is 10.6 Å². The Morgan fingerprint density at radius 2 is 1.81 bits per heavy atom. The molecule has 0 radical (unpaired) electrons. The van der Waals surface area contributed by atoms with E-state index in [9.17, 15) is 26.4 Å². The van der Waals surface area contributed by atoms with Gasteiger partial charge in [0.15, 0.2) is 0 Å². The molecule has 31 heavy (non-hydrogen) atoms. The van der Waals surface area contributed by atoms with Gasteiger partial charge in [0.05, 0.1) is 9.88 Å². The standard InChI is InChI=1S/C19H23F3N4O3S2/c20-19(21,22)31(28,29)24-11-10-17-23-12-16(30-17)13-6-8-15(9-7-13)26-18(27)25-14-4-2-1-3-5-14/h6-9,12,14,24H,1-5,10-11H2,(H2,25,26,27). The van der Waals surface area contributed by atoms with E-state index in [4.69, 9.17) is 0 Å². The van der Waals surface area contributed by atoms with Crippen LogP contribution in [0.2, 0.25) is 0 Å². The van der Waals surface area contributed by atoms with Crippen molar-refractivity contribution in [3.8, 4) is 10.4 Å². The van der Waals surface area contributed by atoms with Crippen molar-refractivity contribution in [3.63, 3.8) is 0 Å². The van der Waals surface area contributed by atoms with Crippen LogP contribution in [0.5, 0.6) is 0 Å². The molecule has 1 heterocycles. The summed E-state index contributed by atoms with van der Waals surface area (Å²) in [5.74, 6) is 0. The number of urea groups is 1. The highest BCUT2D eigenvalue weighted by Gasteiger charge is 2.45. The van der Waals surface area contributed by atoms with Crippen LogP contribution in [0.4, 0.5) is 23.7 Å². The fourth-order valence-electron chi connectivity index (χ4n) is 3.25. The first-order valence-electron chi connectivity index (χ1n) is 9.83. The molecule has 0 atom stereocenters. The number of carbonyl (C=O) groups excluding carboxylic acids is 1. The van der Waals surface area contributed by atoms with E-state index in [1.807, 2.05) is 0 Å². The van der Waals surface area contributed by atoms with Crippen LogP contribution in [-0.2, 0) is 16.4 Å². The second-order valence-electron chi connectivity index (χ2n) is 7.22. The van der Waals surface area contributed by atoms with E-state index in [2.05, 4.69) is 15.6 Å². The molecule has 2 aromatic rings. The molecule has 3 rings (SSSR count). The van der Waals surface area contributed by atoms with Crippen LogP contribution in [0.25, 0.3) is 10.4 Å². The highest BCUT2D eigenvalue weighted by Crippen LogP contribution is 2.28. The van der Waals surface area contributed by atoms with Crippen LogP contribution in [0.1, 0.15) is 37.1 Å². The lowest BCUT2D eigenvalue weighted by molar-refractivity contribution is -0.0447. The van der Waals surface area contributed by atoms with Gasteiger partial charge in [0.2, 0.25) is 0 Å². The molecule has 3 N–H and O–H groups in total. The molecule has 0 saturated heterocycles. The molecule has 1 aromatic heterocycles. The van der Waals surface area contributed by atoms with Gasteiger partial charge in [-0.25, -0.2) is 22.9 Å². The summed E-state index contributed by atoms with van der Waals surface area (Å²) in [5.41, 5.74) is -3.86. The van der Waals surface area contributed by atoms with Crippen molar-refractivity contribution >= 4 is 33.1 Å². The zero-order chi connectivity index (χ0) is 22.5. The number of nitrogens with one attached hydrogen (secondary N) is 3. The summed E-state index contributed by atoms with van der Waals surface area (Å²) < 4.78 is 60.5. The Morgan fingerprint density at radius 3 is 2.45 bits per heavy atom. The number of hydrogen-bond acceptors (Lipinski definition) is 5. The highest BCUT2D eigenvalue weighted by molar-refractivity contribution is 7.90. The summed E-state index contributed by atoms with van der Waals surface area (Å²) in [5, 5.41) is 6.30. The normalized spacial score (nSPS) is 15.6. The number of amides is 2. The fraction of sp³-hybridized carbons (Fsp3) is 0.474. The van der Waals surface area contributed by atoms with Crippen LogP contribution < -0.4 is 15.4 Å². The summed E-state index contributed by atoms with van der Waals surface area (Å²) in [6.45, 7) is -0.395. The molecule has 7 nitrogen and oxygen atoms in total. The summed E-state index contributed by atoms with van der Waals surface area (Å²) in [6, 6.07) is 7.10. The molecule has 1 aliphatic carbocycles. The number of aromatic nitrogens is 1. The van der Waals surface area contributed by atoms with E-state index in [1.165, 1.54) is 22.5 Å². The second-order valence-corrected chi connectivity index (χ2v) is 10.1. The topological polar surface area (TPSA) is 100 Å². The summed E-state index contributed by atoms with van der Waals surface area (Å²) in [6.07, 6.45) is 7.09. The van der Waals surface area contributed by atoms with Crippen molar-refractivity contribution in [2.75, 3.05) is 11.9 Å². The maximum Gasteiger partial charge on any atom is 0.511 e. The number of alkyl halides is 3. The third kappa shape index (κ3) is 6.65. The maximum atomic E-state index is 12.3. The highest BCUT2D eigenvalue weighted by atomic mass is 32.2. The second kappa shape index (κ2) is 9.96. The number of nitrogens with zero attached hydrogens (tertiary/aromatic N) is 1. The molecule has 0 bridgehead atoms. The van der Waals surface area contributed by atoms with Gasteiger partial charge in [0.1, 0.15) is 0 Å². The Morgan fingerprint density at radius 1 is 1.13 bits per heavy atom. The lowest BCUT2D eigenvalue weighted by Gasteiger charge is -2.22. The van der Waals surface area contributed by atoms with Crippen molar-refractivity contribution in [3.05, 3.63) is 35.5 Å². The Balaban J connectivity index is 1.51. The van der Waals surface area contributed by atoms with E-state index in [0.717, 1.165) is 36.1 Å². The zero-order valence-corrected chi connectivity index (χ0v) is 18.2. The fourth-order valence-corrected chi connectivity index (χ4v) is 4.71. The van der Waals surface area contributed by atoms with E-state index in [-0.39, 0.29) is 18.5 Å². The van der Waals surface area contributed by atoms with Gasteiger partial charge in [0.25, 0.3) is 0 Å². The molecule has 170 valence electrons. The Bertz CT molecular complexity index is 986. The first-order valence-corrected chi connectivity index (χ1v) is 12.1. The van der Waals surface area contributed by atoms with Gasteiger partial charge in [-0.05, 0) is 30.5 Å². The average Bonchev–Trinajstić information content (AvgIpc) is 3.17. The monoisotopic (exact) mass is 476 g/mol. The SMILES string of the molecule is O=C(Nc1ccc(-c2cnc(CCNS(=O)(=O)C(F)(F)F)s2)cc1)NC1CCCCC1. The zero-order valence-electron chi connectivity index (χ0n) is 16.5. The molecule has 0 spiro atoms. The first kappa shape index (κ1) is 23.5. The number of benzene rings is 1. The van der Waals surface area contributed by atoms with Crippen molar-refractivity contribution in [1.29, 1.82) is 0 Å².